The fraction of sp³-hybridized carbons (Fsp3) is 0.182. The van der Waals surface area contributed by atoms with Crippen LogP contribution in [0.2, 0.25) is 5.02 Å². The van der Waals surface area contributed by atoms with Crippen LogP contribution >= 0.6 is 23.4 Å². The molecule has 0 atom stereocenters. The first-order chi connectivity index (χ1) is 7.70. The van der Waals surface area contributed by atoms with Crippen LogP contribution in [0.4, 0.5) is 0 Å². The van der Waals surface area contributed by atoms with Gasteiger partial charge in [-0.1, -0.05) is 29.4 Å². The van der Waals surface area contributed by atoms with Gasteiger partial charge in [-0.2, -0.15) is 0 Å². The Labute approximate surface area is 103 Å². The van der Waals surface area contributed by atoms with Gasteiger partial charge in [0.25, 0.3) is 0 Å². The third-order valence-electron chi connectivity index (χ3n) is 2.12. The maximum Gasteiger partial charge on any atom is 0.135 e. The average Bonchev–Trinajstić information content (AvgIpc) is 2.60. The summed E-state index contributed by atoms with van der Waals surface area (Å²) in [6.07, 6.45) is 2.87. The molecule has 5 heteroatoms. The molecule has 3 nitrogen and oxygen atoms in total. The molecule has 0 spiro atoms. The van der Waals surface area contributed by atoms with E-state index in [2.05, 4.69) is 11.2 Å². The minimum Gasteiger partial charge on any atom is -0.388 e. The van der Waals surface area contributed by atoms with Crippen LogP contribution in [0.5, 0.6) is 0 Å². The van der Waals surface area contributed by atoms with Crippen molar-refractivity contribution >= 4 is 23.4 Å². The molecule has 0 saturated heterocycles. The maximum atomic E-state index is 9.01. The number of rotatable bonds is 3. The van der Waals surface area contributed by atoms with Crippen LogP contribution in [0.3, 0.4) is 0 Å². The topological polar surface area (TPSA) is 38.0 Å². The highest BCUT2D eigenvalue weighted by Crippen LogP contribution is 2.29. The molecule has 0 aliphatic carbocycles. The zero-order valence-electron chi connectivity index (χ0n) is 8.64. The largest absolute Gasteiger partial charge is 0.388 e. The van der Waals surface area contributed by atoms with E-state index < -0.39 is 0 Å². The number of halogens is 1. The normalized spacial score (nSPS) is 10.7. The number of imidazole rings is 1. The van der Waals surface area contributed by atoms with Crippen molar-refractivity contribution in [2.24, 2.45) is 7.05 Å². The summed E-state index contributed by atoms with van der Waals surface area (Å²) in [5, 5.41) is 10.6. The lowest BCUT2D eigenvalue weighted by Crippen LogP contribution is -1.98. The second-order valence-corrected chi connectivity index (χ2v) is 4.72. The molecule has 0 amide bonds. The van der Waals surface area contributed by atoms with Gasteiger partial charge in [-0.3, -0.25) is 0 Å². The Kier molecular flexibility index (Phi) is 3.53. The fourth-order valence-electron chi connectivity index (χ4n) is 1.25. The number of nitrogens with zero attached hydrogens (tertiary/aromatic N) is 2. The molecule has 0 unspecified atom stereocenters. The third kappa shape index (κ3) is 2.40. The van der Waals surface area contributed by atoms with Crippen LogP contribution < -0.4 is 0 Å². The van der Waals surface area contributed by atoms with Gasteiger partial charge in [0.05, 0.1) is 0 Å². The van der Waals surface area contributed by atoms with Crippen molar-refractivity contribution < 1.29 is 5.11 Å². The first kappa shape index (κ1) is 11.5. The van der Waals surface area contributed by atoms with E-state index in [1.807, 2.05) is 35.9 Å². The smallest absolute Gasteiger partial charge is 0.135 e. The van der Waals surface area contributed by atoms with Crippen molar-refractivity contribution in [3.05, 3.63) is 41.3 Å². The summed E-state index contributed by atoms with van der Waals surface area (Å²) in [6, 6.07) is 7.58. The fourth-order valence-corrected chi connectivity index (χ4v) is 2.40. The molecule has 0 fully saturated rings. The van der Waals surface area contributed by atoms with E-state index in [1.165, 1.54) is 11.8 Å². The SMILES string of the molecule is Cn1c(Sc2cccc(Cl)c2)[c]nc1CO. The second-order valence-electron chi connectivity index (χ2n) is 3.22. The molecule has 0 aliphatic heterocycles. The predicted molar refractivity (Wildman–Crippen MR) is 63.5 cm³/mol. The number of hydrogen-bond donors (Lipinski definition) is 1. The summed E-state index contributed by atoms with van der Waals surface area (Å²) in [4.78, 5) is 5.01. The highest BCUT2D eigenvalue weighted by Gasteiger charge is 2.07. The van der Waals surface area contributed by atoms with Crippen molar-refractivity contribution in [2.45, 2.75) is 16.5 Å². The minimum atomic E-state index is -0.0803. The lowest BCUT2D eigenvalue weighted by atomic mass is 10.4. The molecular formula is C11H10ClN2OS. The molecule has 16 heavy (non-hydrogen) atoms. The van der Waals surface area contributed by atoms with E-state index in [0.29, 0.717) is 10.8 Å². The van der Waals surface area contributed by atoms with Gasteiger partial charge in [0.2, 0.25) is 0 Å². The van der Waals surface area contributed by atoms with Gasteiger partial charge in [0.1, 0.15) is 23.7 Å². The second kappa shape index (κ2) is 4.91. The molecule has 0 bridgehead atoms. The van der Waals surface area contributed by atoms with E-state index in [0.717, 1.165) is 9.92 Å². The summed E-state index contributed by atoms with van der Waals surface area (Å²) in [5.41, 5.74) is 0. The van der Waals surface area contributed by atoms with Gasteiger partial charge in [-0.25, -0.2) is 4.98 Å². The van der Waals surface area contributed by atoms with Gasteiger partial charge < -0.3 is 9.67 Å². The van der Waals surface area contributed by atoms with Gasteiger partial charge >= 0.3 is 0 Å². The highest BCUT2D eigenvalue weighted by molar-refractivity contribution is 7.99. The van der Waals surface area contributed by atoms with Gasteiger partial charge in [0, 0.05) is 17.0 Å². The predicted octanol–water partition coefficient (Wildman–Crippen LogP) is 2.52. The third-order valence-corrected chi connectivity index (χ3v) is 3.41. The Hall–Kier alpha value is -0.970. The van der Waals surface area contributed by atoms with E-state index in [9.17, 15) is 0 Å². The Morgan fingerprint density at radius 1 is 1.56 bits per heavy atom. The molecule has 1 N–H and O–H groups in total. The summed E-state index contributed by atoms with van der Waals surface area (Å²) < 4.78 is 1.81. The molecule has 1 aromatic heterocycles. The first-order valence-electron chi connectivity index (χ1n) is 4.68. The van der Waals surface area contributed by atoms with Crippen LogP contribution in [0, 0.1) is 6.20 Å². The van der Waals surface area contributed by atoms with E-state index in [1.54, 1.807) is 0 Å². The summed E-state index contributed by atoms with van der Waals surface area (Å²) in [6.45, 7) is -0.0803. The number of hydrogen-bond acceptors (Lipinski definition) is 3. The quantitative estimate of drug-likeness (QED) is 0.914. The first-order valence-corrected chi connectivity index (χ1v) is 5.87. The molecule has 1 aromatic carbocycles. The Bertz CT molecular complexity index is 498. The molecule has 83 valence electrons. The van der Waals surface area contributed by atoms with Gasteiger partial charge in [-0.15, -0.1) is 0 Å². The lowest BCUT2D eigenvalue weighted by molar-refractivity contribution is 0.266. The van der Waals surface area contributed by atoms with E-state index >= 15 is 0 Å². The van der Waals surface area contributed by atoms with Crippen molar-refractivity contribution in [1.29, 1.82) is 0 Å². The van der Waals surface area contributed by atoms with E-state index in [-0.39, 0.29) is 6.61 Å². The Balaban J connectivity index is 2.24. The number of aromatic nitrogens is 2. The molecule has 0 saturated carbocycles. The maximum absolute atomic E-state index is 9.01. The van der Waals surface area contributed by atoms with Crippen molar-refractivity contribution in [3.63, 3.8) is 0 Å². The zero-order valence-corrected chi connectivity index (χ0v) is 10.2. The highest BCUT2D eigenvalue weighted by atomic mass is 35.5. The van der Waals surface area contributed by atoms with Gasteiger partial charge in [0.15, 0.2) is 0 Å². The van der Waals surface area contributed by atoms with Crippen LogP contribution in [-0.4, -0.2) is 14.7 Å². The van der Waals surface area contributed by atoms with Crippen LogP contribution in [0.15, 0.2) is 34.2 Å². The monoisotopic (exact) mass is 253 g/mol. The summed E-state index contributed by atoms with van der Waals surface area (Å²) in [7, 11) is 1.85. The molecule has 0 aliphatic rings. The van der Waals surface area contributed by atoms with Crippen LogP contribution in [0.25, 0.3) is 0 Å². The van der Waals surface area contributed by atoms with E-state index in [4.69, 9.17) is 16.7 Å². The molecule has 1 heterocycles. The summed E-state index contributed by atoms with van der Waals surface area (Å²) >= 11 is 7.41. The number of aliphatic hydroxyl groups is 1. The minimum absolute atomic E-state index is 0.0803. The van der Waals surface area contributed by atoms with Gasteiger partial charge in [-0.05, 0) is 18.2 Å². The van der Waals surface area contributed by atoms with Crippen LogP contribution in [-0.2, 0) is 13.7 Å². The van der Waals surface area contributed by atoms with Crippen molar-refractivity contribution in [2.75, 3.05) is 0 Å². The molecule has 2 rings (SSSR count). The number of benzene rings is 1. The Morgan fingerprint density at radius 2 is 2.38 bits per heavy atom. The van der Waals surface area contributed by atoms with Crippen LogP contribution in [0.1, 0.15) is 5.82 Å². The molecule has 1 radical (unpaired) electrons. The Morgan fingerprint density at radius 3 is 3.00 bits per heavy atom. The molecule has 2 aromatic rings. The lowest BCUT2D eigenvalue weighted by Gasteiger charge is -2.03. The van der Waals surface area contributed by atoms with Crippen molar-refractivity contribution in [1.82, 2.24) is 9.55 Å². The standard InChI is InChI=1S/C11H10ClN2OS/c1-14-10(7-15)13-6-11(14)16-9-4-2-3-8(12)5-9/h2-5,15H,7H2,1H3. The number of aliphatic hydroxyl groups excluding tert-OH is 1. The summed E-state index contributed by atoms with van der Waals surface area (Å²) in [5.74, 6) is 0.601. The molecular weight excluding hydrogens is 244 g/mol. The van der Waals surface area contributed by atoms with Crippen molar-refractivity contribution in [3.8, 4) is 0 Å². The zero-order chi connectivity index (χ0) is 11.5. The average molecular weight is 254 g/mol.